The van der Waals surface area contributed by atoms with Crippen LogP contribution in [0.5, 0.6) is 0 Å². The van der Waals surface area contributed by atoms with Crippen molar-refractivity contribution in [2.45, 2.75) is 64.2 Å². The molecule has 0 bridgehead atoms. The van der Waals surface area contributed by atoms with E-state index in [1.54, 1.807) is 0 Å². The fourth-order valence-corrected chi connectivity index (χ4v) is 3.03. The standard InChI is InChI=1S/2C8H8O.2C5H10.Ti/c2*1-7(9)8-5-3-2-4-6-8;2*1-2-4-5-3-1;/h2*2-6,9H,1H2;2*1-5H2;/q;;;;+2. The molecule has 2 aromatic rings. The van der Waals surface area contributed by atoms with E-state index in [0.717, 1.165) is 11.1 Å². The minimum atomic E-state index is 0. The van der Waals surface area contributed by atoms with E-state index < -0.39 is 0 Å². The van der Waals surface area contributed by atoms with Gasteiger partial charge in [0.1, 0.15) is 11.5 Å². The summed E-state index contributed by atoms with van der Waals surface area (Å²) in [4.78, 5) is 0. The molecule has 0 atom stereocenters. The number of benzene rings is 2. The minimum absolute atomic E-state index is 0. The maximum atomic E-state index is 8.83. The molecule has 3 heteroatoms. The largest absolute Gasteiger partial charge is 2.00 e. The van der Waals surface area contributed by atoms with Crippen molar-refractivity contribution in [1.82, 2.24) is 0 Å². The molecule has 154 valence electrons. The molecule has 0 spiro atoms. The third-order valence-corrected chi connectivity index (χ3v) is 4.71. The topological polar surface area (TPSA) is 40.5 Å². The number of rotatable bonds is 2. The summed E-state index contributed by atoms with van der Waals surface area (Å²) in [5.74, 6) is 0.242. The van der Waals surface area contributed by atoms with Crippen molar-refractivity contribution in [3.63, 3.8) is 0 Å². The van der Waals surface area contributed by atoms with Gasteiger partial charge in [0, 0.05) is 11.1 Å². The van der Waals surface area contributed by atoms with Crippen molar-refractivity contribution >= 4 is 11.5 Å². The zero-order chi connectivity index (χ0) is 20.5. The third-order valence-electron chi connectivity index (χ3n) is 4.71. The van der Waals surface area contributed by atoms with E-state index in [2.05, 4.69) is 13.2 Å². The second-order valence-corrected chi connectivity index (χ2v) is 7.16. The Labute approximate surface area is 192 Å². The van der Waals surface area contributed by atoms with E-state index in [9.17, 15) is 0 Å². The second-order valence-electron chi connectivity index (χ2n) is 7.16. The Hall–Kier alpha value is -1.77. The smallest absolute Gasteiger partial charge is 0.508 e. The monoisotopic (exact) mass is 428 g/mol. The van der Waals surface area contributed by atoms with Gasteiger partial charge in [-0.1, -0.05) is 138 Å². The molecule has 0 amide bonds. The molecule has 2 aliphatic carbocycles. The van der Waals surface area contributed by atoms with Crippen molar-refractivity contribution in [3.8, 4) is 0 Å². The van der Waals surface area contributed by atoms with Crippen LogP contribution >= 0.6 is 0 Å². The fourth-order valence-electron chi connectivity index (χ4n) is 3.03. The molecule has 2 aliphatic rings. The minimum Gasteiger partial charge on any atom is -0.508 e. The van der Waals surface area contributed by atoms with Gasteiger partial charge in [-0.2, -0.15) is 0 Å². The maximum absolute atomic E-state index is 8.83. The first-order chi connectivity index (χ1) is 13.6. The normalized spacial score (nSPS) is 13.8. The molecule has 0 saturated heterocycles. The summed E-state index contributed by atoms with van der Waals surface area (Å²) in [6, 6.07) is 18.5. The molecular formula is C26H36O2Ti+2. The predicted octanol–water partition coefficient (Wildman–Crippen LogP) is 8.33. The zero-order valence-electron chi connectivity index (χ0n) is 17.7. The number of aliphatic hydroxyl groups excluding tert-OH is 2. The van der Waals surface area contributed by atoms with Gasteiger partial charge in [-0.05, 0) is 0 Å². The predicted molar refractivity (Wildman–Crippen MR) is 122 cm³/mol. The van der Waals surface area contributed by atoms with Gasteiger partial charge in [0.05, 0.1) is 0 Å². The van der Waals surface area contributed by atoms with Crippen molar-refractivity contribution in [2.75, 3.05) is 0 Å². The molecular weight excluding hydrogens is 392 g/mol. The average Bonchev–Trinajstić information content (AvgIpc) is 3.48. The maximum Gasteiger partial charge on any atom is 2.00 e. The van der Waals surface area contributed by atoms with Crippen molar-refractivity contribution in [1.29, 1.82) is 0 Å². The van der Waals surface area contributed by atoms with Gasteiger partial charge < -0.3 is 10.2 Å². The quantitative estimate of drug-likeness (QED) is 0.373. The first-order valence-electron chi connectivity index (χ1n) is 10.5. The van der Waals surface area contributed by atoms with Crippen LogP contribution in [0, 0.1) is 0 Å². The van der Waals surface area contributed by atoms with Crippen LogP contribution in [-0.2, 0) is 21.7 Å². The van der Waals surface area contributed by atoms with Gasteiger partial charge in [-0.15, -0.1) is 0 Å². The van der Waals surface area contributed by atoms with Crippen molar-refractivity contribution in [2.24, 2.45) is 0 Å². The Morgan fingerprint density at radius 3 is 0.828 bits per heavy atom. The van der Waals surface area contributed by atoms with Crippen LogP contribution in [0.25, 0.3) is 11.5 Å². The molecule has 2 fully saturated rings. The summed E-state index contributed by atoms with van der Waals surface area (Å²) < 4.78 is 0. The van der Waals surface area contributed by atoms with Crippen LogP contribution < -0.4 is 0 Å². The molecule has 0 aliphatic heterocycles. The summed E-state index contributed by atoms with van der Waals surface area (Å²) in [7, 11) is 0. The Balaban J connectivity index is 0.000000369. The summed E-state index contributed by atoms with van der Waals surface area (Å²) >= 11 is 0. The van der Waals surface area contributed by atoms with Gasteiger partial charge in [0.2, 0.25) is 0 Å². The fraction of sp³-hybridized carbons (Fsp3) is 0.385. The summed E-state index contributed by atoms with van der Waals surface area (Å²) in [5, 5.41) is 17.7. The van der Waals surface area contributed by atoms with Gasteiger partial charge >= 0.3 is 21.7 Å². The first-order valence-corrected chi connectivity index (χ1v) is 10.5. The molecule has 0 heterocycles. The van der Waals surface area contributed by atoms with Crippen LogP contribution in [0.4, 0.5) is 0 Å². The van der Waals surface area contributed by atoms with E-state index in [1.807, 2.05) is 60.7 Å². The molecule has 2 saturated carbocycles. The number of hydrogen-bond acceptors (Lipinski definition) is 2. The molecule has 29 heavy (non-hydrogen) atoms. The van der Waals surface area contributed by atoms with Crippen LogP contribution in [0.3, 0.4) is 0 Å². The van der Waals surface area contributed by atoms with Crippen LogP contribution in [-0.4, -0.2) is 10.2 Å². The SMILES string of the molecule is C1CCCC1.C1CCCC1.C=C(O)c1ccccc1.C=C(O)c1ccccc1.[Ti+2]. The molecule has 4 rings (SSSR count). The molecule has 0 unspecified atom stereocenters. The molecule has 2 nitrogen and oxygen atoms in total. The Kier molecular flexibility index (Phi) is 17.2. The number of aliphatic hydroxyl groups is 2. The van der Waals surface area contributed by atoms with Gasteiger partial charge in [0.25, 0.3) is 0 Å². The molecule has 0 radical (unpaired) electrons. The molecule has 0 aromatic heterocycles. The second kappa shape index (κ2) is 18.3. The summed E-state index contributed by atoms with van der Waals surface area (Å²) in [6.07, 6.45) is 15.0. The summed E-state index contributed by atoms with van der Waals surface area (Å²) in [6.45, 7) is 6.76. The number of hydrogen-bond donors (Lipinski definition) is 2. The van der Waals surface area contributed by atoms with E-state index in [4.69, 9.17) is 10.2 Å². The van der Waals surface area contributed by atoms with Gasteiger partial charge in [-0.3, -0.25) is 0 Å². The Bertz CT molecular complexity index is 570. The van der Waals surface area contributed by atoms with Crippen molar-refractivity contribution in [3.05, 3.63) is 84.9 Å². The molecule has 2 aromatic carbocycles. The Morgan fingerprint density at radius 2 is 0.690 bits per heavy atom. The van der Waals surface area contributed by atoms with Crippen molar-refractivity contribution < 1.29 is 31.9 Å². The van der Waals surface area contributed by atoms with Crippen LogP contribution in [0.1, 0.15) is 75.3 Å². The first kappa shape index (κ1) is 27.2. The van der Waals surface area contributed by atoms with E-state index in [0.29, 0.717) is 0 Å². The Morgan fingerprint density at radius 1 is 0.483 bits per heavy atom. The van der Waals surface area contributed by atoms with Gasteiger partial charge in [-0.25, -0.2) is 0 Å². The third kappa shape index (κ3) is 14.8. The van der Waals surface area contributed by atoms with E-state index in [1.165, 1.54) is 64.2 Å². The van der Waals surface area contributed by atoms with Crippen LogP contribution in [0.2, 0.25) is 0 Å². The van der Waals surface area contributed by atoms with E-state index >= 15 is 0 Å². The summed E-state index contributed by atoms with van der Waals surface area (Å²) in [5.41, 5.74) is 1.55. The van der Waals surface area contributed by atoms with Gasteiger partial charge in [0.15, 0.2) is 0 Å². The average molecular weight is 428 g/mol. The molecule has 2 N–H and O–H groups in total. The zero-order valence-corrected chi connectivity index (χ0v) is 19.2. The van der Waals surface area contributed by atoms with Crippen LogP contribution in [0.15, 0.2) is 73.8 Å². The van der Waals surface area contributed by atoms with E-state index in [-0.39, 0.29) is 33.2 Å².